The predicted molar refractivity (Wildman–Crippen MR) is 85.9 cm³/mol. The van der Waals surface area contributed by atoms with Gasteiger partial charge in [0, 0.05) is 21.3 Å². The van der Waals surface area contributed by atoms with Gasteiger partial charge in [-0.1, -0.05) is 0 Å². The fraction of sp³-hybridized carbons (Fsp3) is 0.923. The van der Waals surface area contributed by atoms with Crippen molar-refractivity contribution in [2.75, 3.05) is 83.6 Å². The number of aliphatic imine (C=N–C) groups is 1. The predicted octanol–water partition coefficient (Wildman–Crippen LogP) is 0.425. The molecule has 0 aromatic rings. The van der Waals surface area contributed by atoms with Crippen molar-refractivity contribution in [3.05, 3.63) is 0 Å². The Morgan fingerprint density at radius 3 is 1.11 bits per heavy atom. The highest BCUT2D eigenvalue weighted by Gasteiger charge is 2.13. The van der Waals surface area contributed by atoms with Crippen molar-refractivity contribution in [2.24, 2.45) is 4.99 Å². The summed E-state index contributed by atoms with van der Waals surface area (Å²) in [6.45, 7) is 6.37. The molecule has 1 rings (SSSR count). The summed E-state index contributed by atoms with van der Waals surface area (Å²) in [4.78, 5) is 12.1. The molecule has 19 heavy (non-hydrogen) atoms. The third-order valence-corrected chi connectivity index (χ3v) is 1.45. The molecule has 0 amide bonds. The van der Waals surface area contributed by atoms with E-state index in [9.17, 15) is 0 Å². The third-order valence-electron chi connectivity index (χ3n) is 1.45. The molecule has 0 saturated carbocycles. The van der Waals surface area contributed by atoms with E-state index in [1.807, 2.05) is 26.0 Å². The summed E-state index contributed by atoms with van der Waals surface area (Å²) in [7, 11) is 17.3. The maximum absolute atomic E-state index is 4.25. The summed E-state index contributed by atoms with van der Waals surface area (Å²) in [5, 5.41) is 0. The average Bonchev–Trinajstić information content (AvgIpc) is 2.15. The normalized spacial score (nSPS) is 16.3. The van der Waals surface area contributed by atoms with Gasteiger partial charge >= 0.3 is 0 Å². The molecule has 0 radical (unpaired) electrons. The number of rotatable bonds is 0. The van der Waals surface area contributed by atoms with Gasteiger partial charge in [-0.2, -0.15) is 0 Å². The van der Waals surface area contributed by atoms with E-state index in [-0.39, 0.29) is 0 Å². The van der Waals surface area contributed by atoms with Crippen molar-refractivity contribution in [2.45, 2.75) is 0 Å². The molecule has 0 aromatic carbocycles. The van der Waals surface area contributed by atoms with Gasteiger partial charge in [0.15, 0.2) is 0 Å². The van der Waals surface area contributed by atoms with Crippen molar-refractivity contribution >= 4 is 6.72 Å². The van der Waals surface area contributed by atoms with E-state index in [4.69, 9.17) is 0 Å². The highest BCUT2D eigenvalue weighted by Crippen LogP contribution is 1.98. The maximum Gasteiger partial charge on any atom is 0.0523 e. The minimum absolute atomic E-state index is 1.09. The Labute approximate surface area is 120 Å². The van der Waals surface area contributed by atoms with Crippen molar-refractivity contribution in [3.63, 3.8) is 0 Å². The van der Waals surface area contributed by atoms with Crippen LogP contribution in [0.15, 0.2) is 4.99 Å². The average molecular weight is 277 g/mol. The molecular weight excluding hydrogens is 242 g/mol. The Balaban J connectivity index is -0.000000216. The van der Waals surface area contributed by atoms with Gasteiger partial charge in [-0.25, -0.2) is 0 Å². The monoisotopic (exact) mass is 277 g/mol. The first-order valence-electron chi connectivity index (χ1n) is 6.16. The molecule has 1 heterocycles. The van der Waals surface area contributed by atoms with E-state index in [1.54, 1.807) is 21.3 Å². The smallest absolute Gasteiger partial charge is 0.0523 e. The van der Waals surface area contributed by atoms with Gasteiger partial charge < -0.3 is 14.6 Å². The highest BCUT2D eigenvalue weighted by atomic mass is 16.4. The maximum atomic E-state index is 4.25. The van der Waals surface area contributed by atoms with Gasteiger partial charge in [0.2, 0.25) is 0 Å². The summed E-state index contributed by atoms with van der Waals surface area (Å²) < 4.78 is 4.25. The van der Waals surface area contributed by atoms with E-state index in [1.165, 1.54) is 0 Å². The van der Waals surface area contributed by atoms with Gasteiger partial charge in [0.25, 0.3) is 0 Å². The van der Waals surface area contributed by atoms with Crippen LogP contribution in [0.2, 0.25) is 0 Å². The topological polar surface area (TPSA) is 34.5 Å². The van der Waals surface area contributed by atoms with Crippen LogP contribution in [0.5, 0.6) is 0 Å². The van der Waals surface area contributed by atoms with Crippen LogP contribution >= 0.6 is 0 Å². The molecule has 0 aromatic heterocycles. The fourth-order valence-corrected chi connectivity index (χ4v) is 1.37. The molecule has 118 valence electrons. The number of nitrogens with zero attached hydrogens (tertiary/aromatic N) is 5. The molecule has 1 fully saturated rings. The molecule has 0 unspecified atom stereocenters. The highest BCUT2D eigenvalue weighted by molar-refractivity contribution is 5.22. The van der Waals surface area contributed by atoms with Crippen LogP contribution in [-0.4, -0.2) is 110 Å². The molecule has 6 heteroatoms. The van der Waals surface area contributed by atoms with E-state index in [0.717, 1.165) is 20.0 Å². The van der Waals surface area contributed by atoms with Gasteiger partial charge in [-0.3, -0.25) is 14.7 Å². The first kappa shape index (κ1) is 23.6. The summed E-state index contributed by atoms with van der Waals surface area (Å²) in [5.74, 6) is 0. The molecular formula is C13H35N5O. The Morgan fingerprint density at radius 2 is 1.00 bits per heavy atom. The summed E-state index contributed by atoms with van der Waals surface area (Å²) in [5.41, 5.74) is 0. The van der Waals surface area contributed by atoms with Crippen LogP contribution in [0.4, 0.5) is 0 Å². The minimum atomic E-state index is 1.09. The second-order valence-electron chi connectivity index (χ2n) is 5.06. The zero-order valence-corrected chi connectivity index (χ0v) is 14.5. The van der Waals surface area contributed by atoms with E-state index in [2.05, 4.69) is 52.3 Å². The molecule has 1 aliphatic rings. The van der Waals surface area contributed by atoms with Crippen LogP contribution in [0.3, 0.4) is 0 Å². The van der Waals surface area contributed by atoms with Gasteiger partial charge in [-0.05, 0) is 49.0 Å². The summed E-state index contributed by atoms with van der Waals surface area (Å²) >= 11 is 0. The Kier molecular flexibility index (Phi) is 21.7. The van der Waals surface area contributed by atoms with Crippen LogP contribution in [0, 0.1) is 0 Å². The van der Waals surface area contributed by atoms with Crippen molar-refractivity contribution in [3.8, 4) is 0 Å². The molecule has 0 atom stereocenters. The Hall–Kier alpha value is -0.530. The van der Waals surface area contributed by atoms with Gasteiger partial charge in [0.05, 0.1) is 20.0 Å². The number of hydrogen-bond acceptors (Lipinski definition) is 6. The first-order valence-corrected chi connectivity index (χ1v) is 6.16. The quantitative estimate of drug-likeness (QED) is 0.600. The minimum Gasteiger partial charge on any atom is -0.388 e. The molecule has 0 aliphatic carbocycles. The standard InChI is InChI=1S/C6H15N3.C3H9N.C2H5N.C2H6O/c1-7-4-8(2)6-9(3)5-7;1-4(2)3;2*1-3-2/h4-6H2,1-3H3;1-3H3;1H2,2H3;1-2H3. The lowest BCUT2D eigenvalue weighted by atomic mass is 10.6. The van der Waals surface area contributed by atoms with Crippen molar-refractivity contribution in [1.29, 1.82) is 0 Å². The fourth-order valence-electron chi connectivity index (χ4n) is 1.37. The van der Waals surface area contributed by atoms with Gasteiger partial charge in [-0.15, -0.1) is 0 Å². The number of ether oxygens (including phenoxy) is 1. The van der Waals surface area contributed by atoms with E-state index >= 15 is 0 Å². The molecule has 6 nitrogen and oxygen atoms in total. The Bertz CT molecular complexity index is 151. The molecule has 0 bridgehead atoms. The van der Waals surface area contributed by atoms with Gasteiger partial charge in [0.1, 0.15) is 0 Å². The largest absolute Gasteiger partial charge is 0.388 e. The lowest BCUT2D eigenvalue weighted by Gasteiger charge is -2.36. The van der Waals surface area contributed by atoms with Crippen LogP contribution in [-0.2, 0) is 4.74 Å². The molecule has 0 N–H and O–H groups in total. The Morgan fingerprint density at radius 1 is 0.895 bits per heavy atom. The van der Waals surface area contributed by atoms with Crippen molar-refractivity contribution in [1.82, 2.24) is 19.6 Å². The summed E-state index contributed by atoms with van der Waals surface area (Å²) in [6.07, 6.45) is 0. The summed E-state index contributed by atoms with van der Waals surface area (Å²) in [6, 6.07) is 0. The van der Waals surface area contributed by atoms with E-state index < -0.39 is 0 Å². The second-order valence-corrected chi connectivity index (χ2v) is 5.06. The zero-order chi connectivity index (χ0) is 15.8. The zero-order valence-electron chi connectivity index (χ0n) is 14.5. The molecule has 0 spiro atoms. The SMILES string of the molecule is C=NC.CN(C)C.CN1CN(C)CN(C)C1.COC. The number of methoxy groups -OCH3 is 1. The lowest BCUT2D eigenvalue weighted by molar-refractivity contribution is 0.0149. The third kappa shape index (κ3) is 31.8. The first-order chi connectivity index (χ1) is 8.74. The second kappa shape index (κ2) is 17.5. The molecule has 1 aliphatic heterocycles. The van der Waals surface area contributed by atoms with Crippen molar-refractivity contribution < 1.29 is 4.74 Å². The van der Waals surface area contributed by atoms with Crippen LogP contribution in [0.25, 0.3) is 0 Å². The van der Waals surface area contributed by atoms with Crippen LogP contribution in [0.1, 0.15) is 0 Å². The van der Waals surface area contributed by atoms with E-state index in [0.29, 0.717) is 0 Å². The van der Waals surface area contributed by atoms with Crippen LogP contribution < -0.4 is 0 Å². The number of hydrogen-bond donors (Lipinski definition) is 0. The lowest BCUT2D eigenvalue weighted by Crippen LogP contribution is -2.50. The molecule has 1 saturated heterocycles.